The zero-order valence-electron chi connectivity index (χ0n) is 7.75. The van der Waals surface area contributed by atoms with Crippen molar-refractivity contribution in [3.05, 3.63) is 29.1 Å². The van der Waals surface area contributed by atoms with E-state index in [1.54, 1.807) is 6.92 Å². The average molecular weight is 201 g/mol. The largest absolute Gasteiger partial charge is 0.465 e. The van der Waals surface area contributed by atoms with Gasteiger partial charge in [0.2, 0.25) is 0 Å². The van der Waals surface area contributed by atoms with Crippen molar-refractivity contribution >= 4 is 5.97 Å². The van der Waals surface area contributed by atoms with Crippen molar-refractivity contribution in [3.63, 3.8) is 0 Å². The molecule has 1 aromatic heterocycles. The fourth-order valence-electron chi connectivity index (χ4n) is 0.985. The molecule has 0 radical (unpaired) electrons. The summed E-state index contributed by atoms with van der Waals surface area (Å²) in [6, 6.07) is 1.10. The first-order valence-electron chi connectivity index (χ1n) is 3.89. The number of aromatic nitrogens is 1. The first-order chi connectivity index (χ1) is 6.56. The van der Waals surface area contributed by atoms with Crippen molar-refractivity contribution in [1.82, 2.24) is 4.98 Å². The standard InChI is InChI=1S/C9H9F2NO2/c1-5-7(9(13)14-2)3-6(4-12-5)8(10)11/h3-4,8H,1-2H3. The number of ether oxygens (including phenoxy) is 1. The van der Waals surface area contributed by atoms with Crippen LogP contribution in [-0.2, 0) is 4.74 Å². The van der Waals surface area contributed by atoms with Crippen molar-refractivity contribution < 1.29 is 18.3 Å². The summed E-state index contributed by atoms with van der Waals surface area (Å²) >= 11 is 0. The monoisotopic (exact) mass is 201 g/mol. The maximum Gasteiger partial charge on any atom is 0.339 e. The van der Waals surface area contributed by atoms with E-state index in [9.17, 15) is 13.6 Å². The van der Waals surface area contributed by atoms with Gasteiger partial charge < -0.3 is 4.74 Å². The molecule has 0 aromatic carbocycles. The molecule has 1 rings (SSSR count). The summed E-state index contributed by atoms with van der Waals surface area (Å²) in [5.41, 5.74) is 0.169. The number of halogens is 2. The zero-order chi connectivity index (χ0) is 10.7. The van der Waals surface area contributed by atoms with Gasteiger partial charge in [-0.2, -0.15) is 0 Å². The lowest BCUT2D eigenvalue weighted by Gasteiger charge is -2.05. The normalized spacial score (nSPS) is 10.4. The Bertz CT molecular complexity index is 353. The number of alkyl halides is 2. The van der Waals surface area contributed by atoms with Crippen molar-refractivity contribution in [1.29, 1.82) is 0 Å². The molecule has 0 fully saturated rings. The van der Waals surface area contributed by atoms with Crippen LogP contribution < -0.4 is 0 Å². The molecular formula is C9H9F2NO2. The third-order valence-electron chi connectivity index (χ3n) is 1.77. The highest BCUT2D eigenvalue weighted by atomic mass is 19.3. The Labute approximate surface area is 79.7 Å². The predicted octanol–water partition coefficient (Wildman–Crippen LogP) is 2.11. The van der Waals surface area contributed by atoms with Crippen LogP contribution in [-0.4, -0.2) is 18.1 Å². The van der Waals surface area contributed by atoms with Gasteiger partial charge in [0.05, 0.1) is 18.4 Å². The molecule has 0 aliphatic heterocycles. The lowest BCUT2D eigenvalue weighted by Crippen LogP contribution is -2.06. The van der Waals surface area contributed by atoms with Gasteiger partial charge in [0, 0.05) is 11.8 Å². The minimum atomic E-state index is -2.63. The Balaban J connectivity index is 3.15. The molecule has 0 saturated carbocycles. The summed E-state index contributed by atoms with van der Waals surface area (Å²) in [6.07, 6.45) is -1.58. The van der Waals surface area contributed by atoms with Gasteiger partial charge in [0.25, 0.3) is 6.43 Å². The Morgan fingerprint density at radius 1 is 1.57 bits per heavy atom. The van der Waals surface area contributed by atoms with Crippen LogP contribution >= 0.6 is 0 Å². The number of methoxy groups -OCH3 is 1. The van der Waals surface area contributed by atoms with Crippen LogP contribution in [0.2, 0.25) is 0 Å². The van der Waals surface area contributed by atoms with Crippen LogP contribution in [0, 0.1) is 6.92 Å². The average Bonchev–Trinajstić information content (AvgIpc) is 2.17. The summed E-state index contributed by atoms with van der Waals surface area (Å²) in [7, 11) is 1.19. The number of hydrogen-bond donors (Lipinski definition) is 0. The number of nitrogens with zero attached hydrogens (tertiary/aromatic N) is 1. The minimum Gasteiger partial charge on any atom is -0.465 e. The Morgan fingerprint density at radius 2 is 2.21 bits per heavy atom. The van der Waals surface area contributed by atoms with Gasteiger partial charge >= 0.3 is 5.97 Å². The van der Waals surface area contributed by atoms with Crippen LogP contribution in [0.1, 0.15) is 28.0 Å². The minimum absolute atomic E-state index is 0.0744. The third kappa shape index (κ3) is 2.04. The summed E-state index contributed by atoms with van der Waals surface area (Å²) in [6.45, 7) is 1.56. The van der Waals surface area contributed by atoms with Gasteiger partial charge in [-0.05, 0) is 13.0 Å². The van der Waals surface area contributed by atoms with E-state index in [2.05, 4.69) is 9.72 Å². The van der Waals surface area contributed by atoms with E-state index in [-0.39, 0.29) is 11.1 Å². The highest BCUT2D eigenvalue weighted by molar-refractivity contribution is 5.90. The Morgan fingerprint density at radius 3 is 2.71 bits per heavy atom. The van der Waals surface area contributed by atoms with Crippen LogP contribution in [0.25, 0.3) is 0 Å². The Kier molecular flexibility index (Phi) is 3.11. The summed E-state index contributed by atoms with van der Waals surface area (Å²) in [5, 5.41) is 0. The lowest BCUT2D eigenvalue weighted by molar-refractivity contribution is 0.0599. The Hall–Kier alpha value is -1.52. The molecule has 0 N–H and O–H groups in total. The van der Waals surface area contributed by atoms with Crippen LogP contribution in [0.3, 0.4) is 0 Å². The second-order valence-corrected chi connectivity index (χ2v) is 2.69. The van der Waals surface area contributed by atoms with E-state index in [1.165, 1.54) is 7.11 Å². The summed E-state index contributed by atoms with van der Waals surface area (Å²) in [4.78, 5) is 14.8. The molecule has 0 unspecified atom stereocenters. The molecule has 14 heavy (non-hydrogen) atoms. The number of rotatable bonds is 2. The molecule has 0 atom stereocenters. The molecule has 0 amide bonds. The SMILES string of the molecule is COC(=O)c1cc(C(F)F)cnc1C. The number of esters is 1. The van der Waals surface area contributed by atoms with Crippen molar-refractivity contribution in [2.45, 2.75) is 13.3 Å². The molecule has 1 heterocycles. The van der Waals surface area contributed by atoms with Gasteiger partial charge in [-0.25, -0.2) is 13.6 Å². The molecule has 0 aliphatic rings. The fraction of sp³-hybridized carbons (Fsp3) is 0.333. The number of hydrogen-bond acceptors (Lipinski definition) is 3. The first kappa shape index (κ1) is 10.6. The zero-order valence-corrected chi connectivity index (χ0v) is 7.75. The van der Waals surface area contributed by atoms with Gasteiger partial charge in [-0.15, -0.1) is 0 Å². The van der Waals surface area contributed by atoms with Crippen LogP contribution in [0.4, 0.5) is 8.78 Å². The van der Waals surface area contributed by atoms with Crippen molar-refractivity contribution in [2.75, 3.05) is 7.11 Å². The molecule has 5 heteroatoms. The molecule has 1 aromatic rings. The highest BCUT2D eigenvalue weighted by Gasteiger charge is 2.15. The molecule has 0 spiro atoms. The number of carbonyl (C=O) groups is 1. The lowest BCUT2D eigenvalue weighted by atomic mass is 10.1. The van der Waals surface area contributed by atoms with Crippen LogP contribution in [0.5, 0.6) is 0 Å². The van der Waals surface area contributed by atoms with E-state index in [4.69, 9.17) is 0 Å². The van der Waals surface area contributed by atoms with E-state index >= 15 is 0 Å². The van der Waals surface area contributed by atoms with Gasteiger partial charge in [0.15, 0.2) is 0 Å². The third-order valence-corrected chi connectivity index (χ3v) is 1.77. The molecule has 76 valence electrons. The van der Waals surface area contributed by atoms with Gasteiger partial charge in [-0.3, -0.25) is 4.98 Å². The molecule has 0 aliphatic carbocycles. The highest BCUT2D eigenvalue weighted by Crippen LogP contribution is 2.20. The quantitative estimate of drug-likeness (QED) is 0.688. The van der Waals surface area contributed by atoms with Gasteiger partial charge in [0.1, 0.15) is 0 Å². The summed E-state index contributed by atoms with van der Waals surface area (Å²) < 4.78 is 28.9. The van der Waals surface area contributed by atoms with E-state index in [0.29, 0.717) is 5.69 Å². The number of carbonyl (C=O) groups excluding carboxylic acids is 1. The maximum atomic E-state index is 12.3. The smallest absolute Gasteiger partial charge is 0.339 e. The van der Waals surface area contributed by atoms with E-state index in [0.717, 1.165) is 12.3 Å². The van der Waals surface area contributed by atoms with Crippen molar-refractivity contribution in [3.8, 4) is 0 Å². The molecule has 0 saturated heterocycles. The van der Waals surface area contributed by atoms with Crippen LogP contribution in [0.15, 0.2) is 12.3 Å². The first-order valence-corrected chi connectivity index (χ1v) is 3.89. The second kappa shape index (κ2) is 4.13. The van der Waals surface area contributed by atoms with E-state index in [1.807, 2.05) is 0 Å². The predicted molar refractivity (Wildman–Crippen MR) is 45.3 cm³/mol. The fourth-order valence-corrected chi connectivity index (χ4v) is 0.985. The number of pyridine rings is 1. The molecular weight excluding hydrogens is 192 g/mol. The van der Waals surface area contributed by atoms with E-state index < -0.39 is 12.4 Å². The second-order valence-electron chi connectivity index (χ2n) is 2.69. The number of aryl methyl sites for hydroxylation is 1. The maximum absolute atomic E-state index is 12.3. The molecule has 0 bridgehead atoms. The summed E-state index contributed by atoms with van der Waals surface area (Å²) in [5.74, 6) is -0.655. The topological polar surface area (TPSA) is 39.2 Å². The van der Waals surface area contributed by atoms with Crippen molar-refractivity contribution in [2.24, 2.45) is 0 Å². The van der Waals surface area contributed by atoms with Gasteiger partial charge in [-0.1, -0.05) is 0 Å². The molecule has 3 nitrogen and oxygen atoms in total.